The minimum absolute atomic E-state index is 0.210. The summed E-state index contributed by atoms with van der Waals surface area (Å²) in [6, 6.07) is 18.3. The van der Waals surface area contributed by atoms with Crippen molar-refractivity contribution in [2.24, 2.45) is 0 Å². The third-order valence-corrected chi connectivity index (χ3v) is 7.42. The number of hydrogen-bond acceptors (Lipinski definition) is 8. The maximum Gasteiger partial charge on any atom is 0.294 e. The lowest BCUT2D eigenvalue weighted by molar-refractivity contribution is -0.127. The molecule has 0 atom stereocenters. The van der Waals surface area contributed by atoms with Crippen LogP contribution in [0.5, 0.6) is 23.0 Å². The molecule has 3 aromatic carbocycles. The number of halogens is 1. The smallest absolute Gasteiger partial charge is 0.294 e. The van der Waals surface area contributed by atoms with Crippen LogP contribution < -0.4 is 24.3 Å². The predicted molar refractivity (Wildman–Crippen MR) is 155 cm³/mol. The number of hydrogen-bond donors (Lipinski definition) is 1. The van der Waals surface area contributed by atoms with Gasteiger partial charge in [0.1, 0.15) is 26.4 Å². The van der Waals surface area contributed by atoms with Crippen LogP contribution >= 0.6 is 34.4 Å². The fraction of sp³-hybridized carbons (Fsp3) is 0.179. The van der Waals surface area contributed by atoms with E-state index in [-0.39, 0.29) is 4.91 Å². The van der Waals surface area contributed by atoms with Gasteiger partial charge in [0.05, 0.1) is 12.0 Å². The normalized spacial score (nSPS) is 15.4. The van der Waals surface area contributed by atoms with Crippen LogP contribution in [0.1, 0.15) is 11.1 Å². The number of rotatable bonds is 8. The number of nitrogens with one attached hydrogen (secondary N) is 1. The largest absolute Gasteiger partial charge is 0.493 e. The van der Waals surface area contributed by atoms with Crippen molar-refractivity contribution < 1.29 is 33.3 Å². The van der Waals surface area contributed by atoms with Crippen LogP contribution in [0.25, 0.3) is 6.08 Å². The van der Waals surface area contributed by atoms with Crippen LogP contribution in [-0.2, 0) is 16.2 Å². The zero-order chi connectivity index (χ0) is 27.4. The number of carbonyl (C=O) groups excluding carboxylic acids is 3. The van der Waals surface area contributed by atoms with Crippen LogP contribution in [0.3, 0.4) is 0 Å². The zero-order valence-corrected chi connectivity index (χ0v) is 23.7. The van der Waals surface area contributed by atoms with Crippen molar-refractivity contribution in [1.82, 2.24) is 4.90 Å². The number of nitrogens with zero attached hydrogens (tertiary/aromatic N) is 1. The molecule has 3 aromatic rings. The summed E-state index contributed by atoms with van der Waals surface area (Å²) >= 11 is 3.03. The molecular weight excluding hydrogens is 635 g/mol. The maximum absolute atomic E-state index is 12.9. The number of amides is 3. The van der Waals surface area contributed by atoms with Crippen molar-refractivity contribution in [3.8, 4) is 23.0 Å². The molecule has 0 radical (unpaired) electrons. The molecule has 0 saturated carbocycles. The summed E-state index contributed by atoms with van der Waals surface area (Å²) in [4.78, 5) is 39.2. The summed E-state index contributed by atoms with van der Waals surface area (Å²) in [6.07, 6.45) is 1.59. The van der Waals surface area contributed by atoms with Gasteiger partial charge in [-0.3, -0.25) is 19.3 Å². The van der Waals surface area contributed by atoms with Gasteiger partial charge in [-0.25, -0.2) is 0 Å². The molecule has 0 unspecified atom stereocenters. The first-order valence-electron chi connectivity index (χ1n) is 11.9. The van der Waals surface area contributed by atoms with Crippen molar-refractivity contribution in [2.45, 2.75) is 6.61 Å². The molecule has 2 aliphatic rings. The third kappa shape index (κ3) is 6.48. The SMILES string of the molecule is COc1cc(/C=C2\SC(=O)N(CC(=O)Nc3ccc4c(c3)OCCO4)C2=O)ccc1OCc1ccc(I)cc1. The highest BCUT2D eigenvalue weighted by Crippen LogP contribution is 2.35. The summed E-state index contributed by atoms with van der Waals surface area (Å²) < 4.78 is 23.5. The van der Waals surface area contributed by atoms with E-state index in [1.54, 1.807) is 42.5 Å². The van der Waals surface area contributed by atoms with E-state index in [1.165, 1.54) is 7.11 Å². The number of ether oxygens (including phenoxy) is 4. The van der Waals surface area contributed by atoms with Gasteiger partial charge in [0.15, 0.2) is 23.0 Å². The number of fused-ring (bicyclic) bond motifs is 1. The Kier molecular flexibility index (Phi) is 8.27. The van der Waals surface area contributed by atoms with Gasteiger partial charge in [-0.15, -0.1) is 0 Å². The topological polar surface area (TPSA) is 103 Å². The predicted octanol–water partition coefficient (Wildman–Crippen LogP) is 5.33. The van der Waals surface area contributed by atoms with Gasteiger partial charge in [-0.2, -0.15) is 0 Å². The fourth-order valence-electron chi connectivity index (χ4n) is 3.89. The maximum atomic E-state index is 12.9. The van der Waals surface area contributed by atoms with E-state index < -0.39 is 23.6 Å². The van der Waals surface area contributed by atoms with Crippen molar-refractivity contribution in [2.75, 3.05) is 32.2 Å². The Morgan fingerprint density at radius 1 is 1.03 bits per heavy atom. The number of benzene rings is 3. The summed E-state index contributed by atoms with van der Waals surface area (Å²) in [5.41, 5.74) is 2.15. The highest BCUT2D eigenvalue weighted by molar-refractivity contribution is 14.1. The Labute approximate surface area is 242 Å². The highest BCUT2D eigenvalue weighted by atomic mass is 127. The summed E-state index contributed by atoms with van der Waals surface area (Å²) in [5.74, 6) is 1.11. The molecule has 1 saturated heterocycles. The van der Waals surface area contributed by atoms with Gasteiger partial charge >= 0.3 is 0 Å². The minimum Gasteiger partial charge on any atom is -0.493 e. The van der Waals surface area contributed by atoms with Crippen LogP contribution in [0.2, 0.25) is 0 Å². The first-order chi connectivity index (χ1) is 18.9. The molecule has 0 bridgehead atoms. The number of thioether (sulfide) groups is 1. The second-order valence-electron chi connectivity index (χ2n) is 8.50. The van der Waals surface area contributed by atoms with E-state index in [1.807, 2.05) is 24.3 Å². The Bertz CT molecular complexity index is 1460. The molecule has 0 aliphatic carbocycles. The molecule has 39 heavy (non-hydrogen) atoms. The monoisotopic (exact) mass is 658 g/mol. The van der Waals surface area contributed by atoms with Gasteiger partial charge < -0.3 is 24.3 Å². The number of anilines is 1. The van der Waals surface area contributed by atoms with Crippen molar-refractivity contribution in [1.29, 1.82) is 0 Å². The number of imide groups is 1. The second-order valence-corrected chi connectivity index (χ2v) is 10.7. The molecule has 0 aromatic heterocycles. The molecule has 9 nitrogen and oxygen atoms in total. The van der Waals surface area contributed by atoms with Gasteiger partial charge in [-0.05, 0) is 88.0 Å². The minimum atomic E-state index is -0.541. The van der Waals surface area contributed by atoms with E-state index >= 15 is 0 Å². The number of methoxy groups -OCH3 is 1. The molecule has 3 amide bonds. The first-order valence-corrected chi connectivity index (χ1v) is 13.8. The van der Waals surface area contributed by atoms with Crippen LogP contribution in [0, 0.1) is 3.57 Å². The fourth-order valence-corrected chi connectivity index (χ4v) is 5.09. The summed E-state index contributed by atoms with van der Waals surface area (Å²) in [7, 11) is 1.53. The van der Waals surface area contributed by atoms with E-state index in [2.05, 4.69) is 27.9 Å². The van der Waals surface area contributed by atoms with Gasteiger partial charge in [0.2, 0.25) is 5.91 Å². The molecule has 2 heterocycles. The second kappa shape index (κ2) is 12.0. The van der Waals surface area contributed by atoms with Crippen LogP contribution in [-0.4, -0.2) is 48.8 Å². The van der Waals surface area contributed by atoms with E-state index in [0.717, 1.165) is 25.8 Å². The van der Waals surface area contributed by atoms with Crippen molar-refractivity contribution in [3.63, 3.8) is 0 Å². The third-order valence-electron chi connectivity index (χ3n) is 5.79. The first kappa shape index (κ1) is 26.9. The van der Waals surface area contributed by atoms with E-state index in [0.29, 0.717) is 54.1 Å². The van der Waals surface area contributed by atoms with E-state index in [4.69, 9.17) is 18.9 Å². The van der Waals surface area contributed by atoms with Crippen molar-refractivity contribution in [3.05, 3.63) is 80.3 Å². The molecule has 5 rings (SSSR count). The lowest BCUT2D eigenvalue weighted by atomic mass is 10.1. The molecule has 1 fully saturated rings. The molecule has 0 spiro atoms. The van der Waals surface area contributed by atoms with Crippen LogP contribution in [0.15, 0.2) is 65.6 Å². The van der Waals surface area contributed by atoms with Crippen LogP contribution in [0.4, 0.5) is 10.5 Å². The number of carbonyl (C=O) groups is 3. The molecule has 200 valence electrons. The quantitative estimate of drug-likeness (QED) is 0.256. The van der Waals surface area contributed by atoms with Crippen molar-refractivity contribution >= 4 is 63.2 Å². The molecule has 11 heteroatoms. The summed E-state index contributed by atoms with van der Waals surface area (Å²) in [6.45, 7) is 0.844. The zero-order valence-electron chi connectivity index (χ0n) is 20.8. The lowest BCUT2D eigenvalue weighted by Crippen LogP contribution is -2.36. The Balaban J connectivity index is 1.22. The molecule has 1 N–H and O–H groups in total. The highest BCUT2D eigenvalue weighted by Gasteiger charge is 2.36. The average molecular weight is 658 g/mol. The molecular formula is C28H23IN2O7S. The lowest BCUT2D eigenvalue weighted by Gasteiger charge is -2.19. The Morgan fingerprint density at radius 3 is 2.56 bits per heavy atom. The Morgan fingerprint density at radius 2 is 1.79 bits per heavy atom. The van der Waals surface area contributed by atoms with Gasteiger partial charge in [0, 0.05) is 15.3 Å². The van der Waals surface area contributed by atoms with Gasteiger partial charge in [-0.1, -0.05) is 18.2 Å². The van der Waals surface area contributed by atoms with E-state index in [9.17, 15) is 14.4 Å². The Hall–Kier alpha value is -3.71. The summed E-state index contributed by atoms with van der Waals surface area (Å²) in [5, 5.41) is 2.17. The average Bonchev–Trinajstić information content (AvgIpc) is 3.20. The van der Waals surface area contributed by atoms with Gasteiger partial charge in [0.25, 0.3) is 11.1 Å². The standard InChI is InChI=1S/C28H23IN2O7S/c1-35-23-12-18(4-8-21(23)38-16-17-2-5-19(29)6-3-17)13-25-27(33)31(28(34)39-25)15-26(32)30-20-7-9-22-24(14-20)37-11-10-36-22/h2-9,12-14H,10-11,15-16H2,1H3,(H,30,32)/b25-13-. The molecule has 2 aliphatic heterocycles.